The number of carbonyl (C=O) groups is 2. The number of hydrogen-bond donors (Lipinski definition) is 3. The van der Waals surface area contributed by atoms with Gasteiger partial charge in [0.05, 0.1) is 5.56 Å². The normalized spacial score (nSPS) is 18.9. The molecule has 0 aliphatic carbocycles. The van der Waals surface area contributed by atoms with E-state index in [0.29, 0.717) is 24.1 Å². The summed E-state index contributed by atoms with van der Waals surface area (Å²) < 4.78 is 0. The van der Waals surface area contributed by atoms with E-state index >= 15 is 0 Å². The fraction of sp³-hybridized carbons (Fsp3) is 0.200. The molecule has 3 N–H and O–H groups in total. The summed E-state index contributed by atoms with van der Waals surface area (Å²) >= 11 is 0. The van der Waals surface area contributed by atoms with Gasteiger partial charge >= 0.3 is 0 Å². The lowest BCUT2D eigenvalue weighted by atomic mass is 10.0. The number of piperidine rings is 1. The maximum Gasteiger partial charge on any atom is 0.254 e. The minimum absolute atomic E-state index is 0.200. The van der Waals surface area contributed by atoms with E-state index in [1.807, 2.05) is 24.3 Å². The number of H-pyrrole nitrogens is 1. The van der Waals surface area contributed by atoms with Crippen LogP contribution in [0.25, 0.3) is 10.9 Å². The average Bonchev–Trinajstić information content (AvgIpc) is 2.86. The van der Waals surface area contributed by atoms with Gasteiger partial charge in [0, 0.05) is 22.8 Å². The number of carbonyl (C=O) groups excluding carboxylic acids is 2. The molecular formula is C15H15N3O2. The maximum atomic E-state index is 12.3. The molecule has 1 saturated heterocycles. The number of fused-ring (bicyclic) bond motifs is 1. The highest BCUT2D eigenvalue weighted by atomic mass is 16.2. The Morgan fingerprint density at radius 3 is 2.95 bits per heavy atom. The molecular weight excluding hydrogens is 254 g/mol. The van der Waals surface area contributed by atoms with E-state index in [1.165, 1.54) is 0 Å². The molecule has 102 valence electrons. The third-order valence-electron chi connectivity index (χ3n) is 3.49. The Balaban J connectivity index is 1.80. The molecule has 0 radical (unpaired) electrons. The van der Waals surface area contributed by atoms with Crippen molar-refractivity contribution in [2.45, 2.75) is 18.9 Å². The summed E-state index contributed by atoms with van der Waals surface area (Å²) in [5.41, 5.74) is 2.16. The lowest BCUT2D eigenvalue weighted by molar-refractivity contribution is -0.123. The van der Waals surface area contributed by atoms with Crippen molar-refractivity contribution in [2.75, 3.05) is 0 Å². The van der Waals surface area contributed by atoms with Gasteiger partial charge in [0.25, 0.3) is 5.91 Å². The van der Waals surface area contributed by atoms with Crippen LogP contribution in [0.2, 0.25) is 0 Å². The van der Waals surface area contributed by atoms with Crippen molar-refractivity contribution in [3.05, 3.63) is 48.3 Å². The smallest absolute Gasteiger partial charge is 0.254 e. The van der Waals surface area contributed by atoms with Crippen LogP contribution >= 0.6 is 0 Å². The minimum atomic E-state index is -0.498. The van der Waals surface area contributed by atoms with Crippen LogP contribution in [0, 0.1) is 0 Å². The van der Waals surface area contributed by atoms with E-state index in [1.54, 1.807) is 6.20 Å². The highest BCUT2D eigenvalue weighted by Crippen LogP contribution is 2.18. The van der Waals surface area contributed by atoms with Gasteiger partial charge in [-0.05, 0) is 18.9 Å². The predicted octanol–water partition coefficient (Wildman–Crippen LogP) is 1.69. The van der Waals surface area contributed by atoms with Crippen molar-refractivity contribution in [1.82, 2.24) is 15.6 Å². The molecule has 2 heterocycles. The second-order valence-corrected chi connectivity index (χ2v) is 4.91. The quantitative estimate of drug-likeness (QED) is 0.776. The van der Waals surface area contributed by atoms with Gasteiger partial charge in [-0.15, -0.1) is 0 Å². The van der Waals surface area contributed by atoms with Gasteiger partial charge in [-0.3, -0.25) is 9.59 Å². The summed E-state index contributed by atoms with van der Waals surface area (Å²) in [6, 6.07) is 7.07. The Morgan fingerprint density at radius 2 is 2.15 bits per heavy atom. The molecule has 3 rings (SSSR count). The zero-order chi connectivity index (χ0) is 14.1. The van der Waals surface area contributed by atoms with Crippen LogP contribution in [0.1, 0.15) is 23.2 Å². The SMILES string of the molecule is C=C1CC[C@H](NC(=O)c2c[nH]c3ccccc23)C(=O)N1. The summed E-state index contributed by atoms with van der Waals surface area (Å²) in [5, 5.41) is 6.29. The van der Waals surface area contributed by atoms with Gasteiger partial charge in [-0.1, -0.05) is 24.8 Å². The number of benzene rings is 1. The summed E-state index contributed by atoms with van der Waals surface area (Å²) in [6.45, 7) is 3.72. The van der Waals surface area contributed by atoms with Crippen molar-refractivity contribution in [2.24, 2.45) is 0 Å². The summed E-state index contributed by atoms with van der Waals surface area (Å²) in [5.74, 6) is -0.440. The van der Waals surface area contributed by atoms with Crippen molar-refractivity contribution in [1.29, 1.82) is 0 Å². The van der Waals surface area contributed by atoms with Crippen LogP contribution in [-0.4, -0.2) is 22.8 Å². The summed E-state index contributed by atoms with van der Waals surface area (Å²) in [6.07, 6.45) is 2.93. The Kier molecular flexibility index (Phi) is 3.02. The molecule has 1 fully saturated rings. The average molecular weight is 269 g/mol. The molecule has 0 unspecified atom stereocenters. The van der Waals surface area contributed by atoms with Gasteiger partial charge in [0.2, 0.25) is 5.91 Å². The lowest BCUT2D eigenvalue weighted by Crippen LogP contribution is -2.49. The van der Waals surface area contributed by atoms with Crippen LogP contribution in [0.5, 0.6) is 0 Å². The fourth-order valence-electron chi connectivity index (χ4n) is 2.41. The van der Waals surface area contributed by atoms with Crippen LogP contribution in [-0.2, 0) is 4.79 Å². The Hall–Kier alpha value is -2.56. The second-order valence-electron chi connectivity index (χ2n) is 4.91. The largest absolute Gasteiger partial charge is 0.360 e. The van der Waals surface area contributed by atoms with Gasteiger partial charge in [0.1, 0.15) is 6.04 Å². The number of amides is 2. The predicted molar refractivity (Wildman–Crippen MR) is 76.1 cm³/mol. The van der Waals surface area contributed by atoms with Crippen molar-refractivity contribution in [3.63, 3.8) is 0 Å². The van der Waals surface area contributed by atoms with Crippen LogP contribution in [0.15, 0.2) is 42.7 Å². The third-order valence-corrected chi connectivity index (χ3v) is 3.49. The third kappa shape index (κ3) is 2.18. The fourth-order valence-corrected chi connectivity index (χ4v) is 2.41. The molecule has 20 heavy (non-hydrogen) atoms. The molecule has 5 nitrogen and oxygen atoms in total. The standard InChI is InChI=1S/C15H15N3O2/c1-9-6-7-13(15(20)17-9)18-14(19)11-8-16-12-5-3-2-4-10(11)12/h2-5,8,13,16H,1,6-7H2,(H,17,20)(H,18,19)/t13-/m0/s1. The van der Waals surface area contributed by atoms with Crippen molar-refractivity contribution < 1.29 is 9.59 Å². The van der Waals surface area contributed by atoms with Gasteiger partial charge < -0.3 is 15.6 Å². The molecule has 1 aromatic heterocycles. The second kappa shape index (κ2) is 4.85. The van der Waals surface area contributed by atoms with Crippen molar-refractivity contribution in [3.8, 4) is 0 Å². The molecule has 0 spiro atoms. The lowest BCUT2D eigenvalue weighted by Gasteiger charge is -2.24. The molecule has 0 bridgehead atoms. The van der Waals surface area contributed by atoms with Gasteiger partial charge in [-0.2, -0.15) is 0 Å². The number of nitrogens with one attached hydrogen (secondary N) is 3. The molecule has 1 aliphatic rings. The number of hydrogen-bond acceptors (Lipinski definition) is 2. The molecule has 1 aliphatic heterocycles. The van der Waals surface area contributed by atoms with E-state index in [-0.39, 0.29) is 11.8 Å². The zero-order valence-electron chi connectivity index (χ0n) is 10.9. The summed E-state index contributed by atoms with van der Waals surface area (Å²) in [4.78, 5) is 27.1. The van der Waals surface area contributed by atoms with Gasteiger partial charge in [-0.25, -0.2) is 0 Å². The summed E-state index contributed by atoms with van der Waals surface area (Å²) in [7, 11) is 0. The zero-order valence-corrected chi connectivity index (χ0v) is 10.9. The van der Waals surface area contributed by atoms with Crippen LogP contribution in [0.3, 0.4) is 0 Å². The first-order chi connectivity index (χ1) is 9.65. The van der Waals surface area contributed by atoms with E-state index in [4.69, 9.17) is 0 Å². The molecule has 2 aromatic rings. The molecule has 2 amide bonds. The Labute approximate surface area is 116 Å². The highest BCUT2D eigenvalue weighted by Gasteiger charge is 2.26. The van der Waals surface area contributed by atoms with Crippen LogP contribution < -0.4 is 10.6 Å². The first-order valence-corrected chi connectivity index (χ1v) is 6.51. The van der Waals surface area contributed by atoms with E-state index in [2.05, 4.69) is 22.2 Å². The topological polar surface area (TPSA) is 74.0 Å². The number of aromatic nitrogens is 1. The molecule has 0 saturated carbocycles. The first-order valence-electron chi connectivity index (χ1n) is 6.51. The number of aromatic amines is 1. The minimum Gasteiger partial charge on any atom is -0.360 e. The van der Waals surface area contributed by atoms with E-state index in [9.17, 15) is 9.59 Å². The van der Waals surface area contributed by atoms with Crippen LogP contribution in [0.4, 0.5) is 0 Å². The van der Waals surface area contributed by atoms with Gasteiger partial charge in [0.15, 0.2) is 0 Å². The first kappa shape index (κ1) is 12.5. The van der Waals surface area contributed by atoms with E-state index in [0.717, 1.165) is 10.9 Å². The monoisotopic (exact) mass is 269 g/mol. The number of allylic oxidation sites excluding steroid dienone is 1. The molecule has 1 atom stereocenters. The maximum absolute atomic E-state index is 12.3. The number of para-hydroxylation sites is 1. The Bertz CT molecular complexity index is 702. The number of rotatable bonds is 2. The Morgan fingerprint density at radius 1 is 1.35 bits per heavy atom. The molecule has 1 aromatic carbocycles. The van der Waals surface area contributed by atoms with E-state index < -0.39 is 6.04 Å². The highest BCUT2D eigenvalue weighted by molar-refractivity contribution is 6.08. The van der Waals surface area contributed by atoms with Crippen molar-refractivity contribution >= 4 is 22.7 Å². The molecule has 5 heteroatoms.